The number of aromatic nitrogens is 2. The highest BCUT2D eigenvalue weighted by molar-refractivity contribution is 7.89. The molecule has 138 valence electrons. The third kappa shape index (κ3) is 3.67. The monoisotopic (exact) mass is 382 g/mol. The molecular formula is C19H18N4O3S. The van der Waals surface area contributed by atoms with Crippen molar-refractivity contribution in [3.8, 4) is 0 Å². The predicted octanol–water partition coefficient (Wildman–Crippen LogP) is 1.82. The number of fused-ring (bicyclic) bond motifs is 1. The van der Waals surface area contributed by atoms with E-state index in [1.54, 1.807) is 35.4 Å². The minimum Gasteiger partial charge on any atom is -0.336 e. The molecule has 1 aliphatic rings. The van der Waals surface area contributed by atoms with Crippen LogP contribution in [0.5, 0.6) is 0 Å². The van der Waals surface area contributed by atoms with Gasteiger partial charge in [0.1, 0.15) is 10.6 Å². The topological polar surface area (TPSA) is 92.3 Å². The molecule has 3 aromatic rings. The van der Waals surface area contributed by atoms with Gasteiger partial charge in [-0.2, -0.15) is 0 Å². The smallest absolute Gasteiger partial charge is 0.272 e. The maximum absolute atomic E-state index is 12.7. The molecule has 1 amide bonds. The summed E-state index contributed by atoms with van der Waals surface area (Å²) in [4.78, 5) is 22.5. The molecule has 1 atom stereocenters. The van der Waals surface area contributed by atoms with Gasteiger partial charge >= 0.3 is 0 Å². The Morgan fingerprint density at radius 3 is 2.74 bits per heavy atom. The van der Waals surface area contributed by atoms with Crippen LogP contribution in [0.25, 0.3) is 10.9 Å². The Labute approximate surface area is 157 Å². The average Bonchev–Trinajstić information content (AvgIpc) is 3.15. The lowest BCUT2D eigenvalue weighted by Crippen LogP contribution is -2.38. The number of nitrogens with zero attached hydrogens (tertiary/aromatic N) is 3. The molecule has 2 aromatic heterocycles. The summed E-state index contributed by atoms with van der Waals surface area (Å²) in [5, 5.41) is 0.763. The van der Waals surface area contributed by atoms with Gasteiger partial charge in [-0.1, -0.05) is 24.3 Å². The predicted molar refractivity (Wildman–Crippen MR) is 101 cm³/mol. The molecule has 1 aliphatic heterocycles. The molecule has 1 N–H and O–H groups in total. The second-order valence-electron chi connectivity index (χ2n) is 6.44. The number of hydrogen-bond donors (Lipinski definition) is 1. The van der Waals surface area contributed by atoms with E-state index in [0.717, 1.165) is 10.9 Å². The first-order valence-electron chi connectivity index (χ1n) is 8.60. The number of likely N-dealkylation sites (tertiary alicyclic amines) is 1. The van der Waals surface area contributed by atoms with Crippen LogP contribution in [-0.2, 0) is 10.0 Å². The Hall–Kier alpha value is -2.84. The van der Waals surface area contributed by atoms with Crippen LogP contribution in [0.3, 0.4) is 0 Å². The van der Waals surface area contributed by atoms with Crippen LogP contribution in [0.15, 0.2) is 65.8 Å². The van der Waals surface area contributed by atoms with Crippen molar-refractivity contribution in [3.05, 3.63) is 66.6 Å². The Bertz CT molecular complexity index is 1090. The second-order valence-corrected chi connectivity index (χ2v) is 8.15. The lowest BCUT2D eigenvalue weighted by atomic mass is 10.2. The van der Waals surface area contributed by atoms with E-state index >= 15 is 0 Å². The number of amides is 1. The fourth-order valence-electron chi connectivity index (χ4n) is 3.18. The Morgan fingerprint density at radius 2 is 1.93 bits per heavy atom. The van der Waals surface area contributed by atoms with Crippen LogP contribution < -0.4 is 4.72 Å². The van der Waals surface area contributed by atoms with Gasteiger partial charge in [-0.15, -0.1) is 0 Å². The number of sulfonamides is 1. The fourth-order valence-corrected chi connectivity index (χ4v) is 4.42. The van der Waals surface area contributed by atoms with Crippen molar-refractivity contribution in [3.63, 3.8) is 0 Å². The summed E-state index contributed by atoms with van der Waals surface area (Å²) in [5.41, 5.74) is 1.10. The Morgan fingerprint density at radius 1 is 1.11 bits per heavy atom. The van der Waals surface area contributed by atoms with Crippen LogP contribution in [-0.4, -0.2) is 48.3 Å². The van der Waals surface area contributed by atoms with Crippen molar-refractivity contribution in [2.75, 3.05) is 13.1 Å². The number of carbonyl (C=O) groups is 1. The van der Waals surface area contributed by atoms with Crippen molar-refractivity contribution in [1.82, 2.24) is 19.6 Å². The summed E-state index contributed by atoms with van der Waals surface area (Å²) in [6, 6.07) is 13.8. The zero-order chi connectivity index (χ0) is 18.9. The first kappa shape index (κ1) is 17.6. The third-order valence-corrected chi connectivity index (χ3v) is 6.04. The highest BCUT2D eigenvalue weighted by Gasteiger charge is 2.30. The molecule has 27 heavy (non-hydrogen) atoms. The lowest BCUT2D eigenvalue weighted by Gasteiger charge is -2.17. The molecule has 3 heterocycles. The molecule has 4 rings (SSSR count). The van der Waals surface area contributed by atoms with Gasteiger partial charge in [0.2, 0.25) is 10.0 Å². The van der Waals surface area contributed by atoms with E-state index in [0.29, 0.717) is 25.2 Å². The van der Waals surface area contributed by atoms with Gasteiger partial charge in [-0.3, -0.25) is 14.8 Å². The van der Waals surface area contributed by atoms with E-state index in [4.69, 9.17) is 0 Å². The molecule has 0 saturated carbocycles. The SMILES string of the molecule is O=C(c1ccccn1)N1CC[C@H](NS(=O)(=O)c2cnc3ccccc3c2)C1. The van der Waals surface area contributed by atoms with Crippen molar-refractivity contribution in [2.45, 2.75) is 17.4 Å². The molecule has 0 bridgehead atoms. The second kappa shape index (κ2) is 7.05. The fraction of sp³-hybridized carbons (Fsp3) is 0.211. The first-order chi connectivity index (χ1) is 13.0. The van der Waals surface area contributed by atoms with E-state index in [2.05, 4.69) is 14.7 Å². The van der Waals surface area contributed by atoms with Gasteiger partial charge in [0, 0.05) is 36.9 Å². The highest BCUT2D eigenvalue weighted by atomic mass is 32.2. The summed E-state index contributed by atoms with van der Waals surface area (Å²) in [6.07, 6.45) is 3.48. The molecule has 0 unspecified atom stereocenters. The average molecular weight is 382 g/mol. The molecule has 7 nitrogen and oxygen atoms in total. The normalized spacial score (nSPS) is 17.3. The summed E-state index contributed by atoms with van der Waals surface area (Å²) in [5.74, 6) is -0.190. The van der Waals surface area contributed by atoms with Crippen LogP contribution in [0.2, 0.25) is 0 Å². The lowest BCUT2D eigenvalue weighted by molar-refractivity contribution is 0.0784. The van der Waals surface area contributed by atoms with Gasteiger partial charge in [0.25, 0.3) is 5.91 Å². The Balaban J connectivity index is 1.47. The molecule has 0 aliphatic carbocycles. The molecule has 1 fully saturated rings. The van der Waals surface area contributed by atoms with Crippen LogP contribution in [0.1, 0.15) is 16.9 Å². The van der Waals surface area contributed by atoms with Gasteiger partial charge in [-0.25, -0.2) is 13.1 Å². The summed E-state index contributed by atoms with van der Waals surface area (Å²) >= 11 is 0. The molecular weight excluding hydrogens is 364 g/mol. The molecule has 0 spiro atoms. The minimum atomic E-state index is -3.72. The maximum Gasteiger partial charge on any atom is 0.272 e. The van der Waals surface area contributed by atoms with E-state index in [9.17, 15) is 13.2 Å². The first-order valence-corrected chi connectivity index (χ1v) is 10.1. The number of para-hydroxylation sites is 1. The van der Waals surface area contributed by atoms with Crippen molar-refractivity contribution >= 4 is 26.8 Å². The van der Waals surface area contributed by atoms with E-state index in [1.807, 2.05) is 24.3 Å². The van der Waals surface area contributed by atoms with Crippen molar-refractivity contribution in [2.24, 2.45) is 0 Å². The molecule has 0 radical (unpaired) electrons. The summed E-state index contributed by atoms with van der Waals surface area (Å²) < 4.78 is 28.1. The number of benzene rings is 1. The van der Waals surface area contributed by atoms with Crippen LogP contribution in [0, 0.1) is 0 Å². The van der Waals surface area contributed by atoms with Crippen LogP contribution in [0.4, 0.5) is 0 Å². The number of carbonyl (C=O) groups excluding carboxylic acids is 1. The van der Waals surface area contributed by atoms with Gasteiger partial charge in [-0.05, 0) is 30.7 Å². The zero-order valence-corrected chi connectivity index (χ0v) is 15.3. The van der Waals surface area contributed by atoms with E-state index in [1.165, 1.54) is 6.20 Å². The largest absolute Gasteiger partial charge is 0.336 e. The van der Waals surface area contributed by atoms with Gasteiger partial charge in [0.05, 0.1) is 5.52 Å². The number of nitrogens with one attached hydrogen (secondary N) is 1. The van der Waals surface area contributed by atoms with Gasteiger partial charge < -0.3 is 4.90 Å². The van der Waals surface area contributed by atoms with E-state index < -0.39 is 10.0 Å². The minimum absolute atomic E-state index is 0.121. The molecule has 1 aromatic carbocycles. The van der Waals surface area contributed by atoms with Crippen LogP contribution >= 0.6 is 0 Å². The standard InChI is InChI=1S/C19H18N4O3S/c24-19(18-7-3-4-9-20-18)23-10-8-15(13-23)22-27(25,26)16-11-14-5-1-2-6-17(14)21-12-16/h1-7,9,11-12,15,22H,8,10,13H2/t15-/m0/s1. The molecule has 1 saturated heterocycles. The van der Waals surface area contributed by atoms with Crippen molar-refractivity contribution < 1.29 is 13.2 Å². The highest BCUT2D eigenvalue weighted by Crippen LogP contribution is 2.19. The van der Waals surface area contributed by atoms with E-state index in [-0.39, 0.29) is 16.8 Å². The number of pyridine rings is 2. The summed E-state index contributed by atoms with van der Waals surface area (Å²) in [6.45, 7) is 0.800. The Kier molecular flexibility index (Phi) is 4.59. The number of rotatable bonds is 4. The summed E-state index contributed by atoms with van der Waals surface area (Å²) in [7, 11) is -3.72. The molecule has 8 heteroatoms. The zero-order valence-electron chi connectivity index (χ0n) is 14.4. The quantitative estimate of drug-likeness (QED) is 0.743. The third-order valence-electron chi connectivity index (χ3n) is 4.56. The number of hydrogen-bond acceptors (Lipinski definition) is 5. The maximum atomic E-state index is 12.7. The van der Waals surface area contributed by atoms with Crippen molar-refractivity contribution in [1.29, 1.82) is 0 Å². The van der Waals surface area contributed by atoms with Gasteiger partial charge in [0.15, 0.2) is 0 Å².